The van der Waals surface area contributed by atoms with E-state index in [2.05, 4.69) is 11.8 Å². The molecule has 0 N–H and O–H groups in total. The molecule has 0 radical (unpaired) electrons. The molecule has 0 atom stereocenters. The molecule has 0 unspecified atom stereocenters. The highest BCUT2D eigenvalue weighted by molar-refractivity contribution is 5.37. The summed E-state index contributed by atoms with van der Waals surface area (Å²) in [5.74, 6) is 7.66. The van der Waals surface area contributed by atoms with E-state index in [1.165, 1.54) is 0 Å². The van der Waals surface area contributed by atoms with Gasteiger partial charge in [-0.15, -0.1) is 12.8 Å². The predicted molar refractivity (Wildman–Crippen MR) is 81.6 cm³/mol. The topological polar surface area (TPSA) is 27.7 Å². The van der Waals surface area contributed by atoms with Crippen LogP contribution in [0.3, 0.4) is 0 Å². The molecule has 3 nitrogen and oxygen atoms in total. The fraction of sp³-hybridized carbons (Fsp3) is 0.111. The van der Waals surface area contributed by atoms with Crippen LogP contribution < -0.4 is 14.2 Å². The number of rotatable bonds is 6. The SMILES string of the molecule is C#CCOc1ccc(Oc2ccc(OCC#C)cc2)cc1. The summed E-state index contributed by atoms with van der Waals surface area (Å²) in [5.41, 5.74) is 0. The van der Waals surface area contributed by atoms with Crippen LogP contribution in [-0.2, 0) is 0 Å². The summed E-state index contributed by atoms with van der Waals surface area (Å²) in [4.78, 5) is 0. The molecule has 0 bridgehead atoms. The Morgan fingerprint density at radius 3 is 1.29 bits per heavy atom. The lowest BCUT2D eigenvalue weighted by atomic mass is 10.3. The molecule has 0 amide bonds. The highest BCUT2D eigenvalue weighted by atomic mass is 16.5. The van der Waals surface area contributed by atoms with Gasteiger partial charge in [0.2, 0.25) is 0 Å². The predicted octanol–water partition coefficient (Wildman–Crippen LogP) is 3.50. The molecule has 0 saturated carbocycles. The Balaban J connectivity index is 1.95. The van der Waals surface area contributed by atoms with Crippen molar-refractivity contribution in [3.63, 3.8) is 0 Å². The molecular formula is C18H14O3. The normalized spacial score (nSPS) is 9.24. The maximum absolute atomic E-state index is 5.71. The molecule has 21 heavy (non-hydrogen) atoms. The van der Waals surface area contributed by atoms with Crippen molar-refractivity contribution in [2.24, 2.45) is 0 Å². The van der Waals surface area contributed by atoms with Crippen LogP contribution in [0.5, 0.6) is 23.0 Å². The molecule has 3 heteroatoms. The van der Waals surface area contributed by atoms with E-state index in [9.17, 15) is 0 Å². The third kappa shape index (κ3) is 4.53. The van der Waals surface area contributed by atoms with Gasteiger partial charge >= 0.3 is 0 Å². The molecule has 0 aromatic heterocycles. The first-order valence-corrected chi connectivity index (χ1v) is 6.32. The van der Waals surface area contributed by atoms with Crippen LogP contribution in [0, 0.1) is 24.7 Å². The quantitative estimate of drug-likeness (QED) is 0.757. The average Bonchev–Trinajstić information content (AvgIpc) is 2.53. The van der Waals surface area contributed by atoms with Gasteiger partial charge in [0.1, 0.15) is 36.2 Å². The Kier molecular flexibility index (Phi) is 5.15. The van der Waals surface area contributed by atoms with Gasteiger partial charge in [0, 0.05) is 0 Å². The minimum Gasteiger partial charge on any atom is -0.481 e. The second kappa shape index (κ2) is 7.53. The maximum atomic E-state index is 5.71. The fourth-order valence-corrected chi connectivity index (χ4v) is 1.59. The van der Waals surface area contributed by atoms with E-state index in [1.807, 2.05) is 24.3 Å². The summed E-state index contributed by atoms with van der Waals surface area (Å²) in [7, 11) is 0. The van der Waals surface area contributed by atoms with Crippen LogP contribution in [0.15, 0.2) is 48.5 Å². The average molecular weight is 278 g/mol. The Labute approximate surface area is 124 Å². The largest absolute Gasteiger partial charge is 0.481 e. The minimum absolute atomic E-state index is 0.249. The number of benzene rings is 2. The smallest absolute Gasteiger partial charge is 0.148 e. The molecular weight excluding hydrogens is 264 g/mol. The number of hydrogen-bond donors (Lipinski definition) is 0. The number of terminal acetylenes is 2. The highest BCUT2D eigenvalue weighted by Crippen LogP contribution is 2.25. The van der Waals surface area contributed by atoms with Crippen LogP contribution in [0.4, 0.5) is 0 Å². The first kappa shape index (κ1) is 14.4. The van der Waals surface area contributed by atoms with E-state index < -0.39 is 0 Å². The van der Waals surface area contributed by atoms with Crippen LogP contribution in [0.1, 0.15) is 0 Å². The van der Waals surface area contributed by atoms with Gasteiger partial charge in [0.15, 0.2) is 0 Å². The van der Waals surface area contributed by atoms with Crippen molar-refractivity contribution in [3.05, 3.63) is 48.5 Å². The van der Waals surface area contributed by atoms with Gasteiger partial charge in [-0.25, -0.2) is 0 Å². The van der Waals surface area contributed by atoms with E-state index in [0.29, 0.717) is 23.0 Å². The number of hydrogen-bond acceptors (Lipinski definition) is 3. The van der Waals surface area contributed by atoms with E-state index in [0.717, 1.165) is 0 Å². The summed E-state index contributed by atoms with van der Waals surface area (Å²) >= 11 is 0. The van der Waals surface area contributed by atoms with Gasteiger partial charge in [-0.2, -0.15) is 0 Å². The molecule has 0 heterocycles. The molecule has 0 aliphatic heterocycles. The summed E-state index contributed by atoms with van der Waals surface area (Å²) in [6, 6.07) is 14.5. The molecule has 0 saturated heterocycles. The van der Waals surface area contributed by atoms with Gasteiger partial charge in [-0.1, -0.05) is 11.8 Å². The molecule has 2 aromatic carbocycles. The second-order valence-electron chi connectivity index (χ2n) is 4.03. The molecule has 0 aliphatic carbocycles. The van der Waals surface area contributed by atoms with E-state index in [1.54, 1.807) is 24.3 Å². The summed E-state index contributed by atoms with van der Waals surface area (Å²) in [6.45, 7) is 0.499. The van der Waals surface area contributed by atoms with E-state index in [-0.39, 0.29) is 13.2 Å². The first-order chi connectivity index (χ1) is 10.3. The van der Waals surface area contributed by atoms with Gasteiger partial charge < -0.3 is 14.2 Å². The third-order valence-corrected chi connectivity index (χ3v) is 2.53. The zero-order valence-corrected chi connectivity index (χ0v) is 11.4. The van der Waals surface area contributed by atoms with Crippen molar-refractivity contribution in [2.75, 3.05) is 13.2 Å². The zero-order valence-electron chi connectivity index (χ0n) is 11.4. The molecule has 2 rings (SSSR count). The van der Waals surface area contributed by atoms with Gasteiger partial charge in [0.25, 0.3) is 0 Å². The van der Waals surface area contributed by atoms with Crippen LogP contribution in [0.25, 0.3) is 0 Å². The standard InChI is InChI=1S/C18H14O3/c1-3-13-19-15-5-9-17(10-6-15)21-18-11-7-16(8-12-18)20-14-4-2/h1-2,5-12H,13-14H2. The lowest BCUT2D eigenvalue weighted by Crippen LogP contribution is -1.93. The van der Waals surface area contributed by atoms with E-state index >= 15 is 0 Å². The molecule has 0 aliphatic rings. The fourth-order valence-electron chi connectivity index (χ4n) is 1.59. The monoisotopic (exact) mass is 278 g/mol. The van der Waals surface area contributed by atoms with Gasteiger partial charge in [0.05, 0.1) is 0 Å². The summed E-state index contributed by atoms with van der Waals surface area (Å²) < 4.78 is 16.3. The van der Waals surface area contributed by atoms with Crippen LogP contribution in [0.2, 0.25) is 0 Å². The first-order valence-electron chi connectivity index (χ1n) is 6.32. The van der Waals surface area contributed by atoms with Crippen LogP contribution >= 0.6 is 0 Å². The lowest BCUT2D eigenvalue weighted by Gasteiger charge is -2.08. The van der Waals surface area contributed by atoms with Crippen molar-refractivity contribution in [3.8, 4) is 47.7 Å². The van der Waals surface area contributed by atoms with Crippen molar-refractivity contribution < 1.29 is 14.2 Å². The second-order valence-corrected chi connectivity index (χ2v) is 4.03. The summed E-state index contributed by atoms with van der Waals surface area (Å²) in [5, 5.41) is 0. The van der Waals surface area contributed by atoms with Crippen molar-refractivity contribution in [2.45, 2.75) is 0 Å². The number of ether oxygens (including phenoxy) is 3. The van der Waals surface area contributed by atoms with Crippen molar-refractivity contribution in [1.82, 2.24) is 0 Å². The Bertz CT molecular complexity index is 583. The molecule has 0 fully saturated rings. The molecule has 104 valence electrons. The third-order valence-electron chi connectivity index (χ3n) is 2.53. The van der Waals surface area contributed by atoms with E-state index in [4.69, 9.17) is 27.1 Å². The Hall–Kier alpha value is -3.04. The summed E-state index contributed by atoms with van der Waals surface area (Å²) in [6.07, 6.45) is 10.3. The van der Waals surface area contributed by atoms with Gasteiger partial charge in [-0.05, 0) is 48.5 Å². The molecule has 0 spiro atoms. The van der Waals surface area contributed by atoms with Crippen molar-refractivity contribution >= 4 is 0 Å². The van der Waals surface area contributed by atoms with Crippen LogP contribution in [-0.4, -0.2) is 13.2 Å². The maximum Gasteiger partial charge on any atom is 0.148 e. The highest BCUT2D eigenvalue weighted by Gasteiger charge is 1.99. The molecule has 2 aromatic rings. The Morgan fingerprint density at radius 2 is 0.952 bits per heavy atom. The van der Waals surface area contributed by atoms with Gasteiger partial charge in [-0.3, -0.25) is 0 Å². The Morgan fingerprint density at radius 1 is 0.619 bits per heavy atom. The lowest BCUT2D eigenvalue weighted by molar-refractivity contribution is 0.368. The minimum atomic E-state index is 0.249. The zero-order chi connectivity index (χ0) is 14.9. The van der Waals surface area contributed by atoms with Crippen molar-refractivity contribution in [1.29, 1.82) is 0 Å².